The van der Waals surface area contributed by atoms with Gasteiger partial charge in [-0.3, -0.25) is 0 Å². The van der Waals surface area contributed by atoms with Gasteiger partial charge in [-0.15, -0.1) is 0 Å². The molecule has 102 valence electrons. The van der Waals surface area contributed by atoms with Crippen molar-refractivity contribution < 1.29 is 0 Å². The predicted molar refractivity (Wildman–Crippen MR) is 78.5 cm³/mol. The Morgan fingerprint density at radius 3 is 2.22 bits per heavy atom. The molecule has 3 N–H and O–H groups in total. The maximum atomic E-state index is 5.64. The largest absolute Gasteiger partial charge is 0.370 e. The van der Waals surface area contributed by atoms with Crippen LogP contribution in [0.25, 0.3) is 0 Å². The number of rotatable bonds is 6. The summed E-state index contributed by atoms with van der Waals surface area (Å²) in [6, 6.07) is 4.08. The van der Waals surface area contributed by atoms with Crippen molar-refractivity contribution in [2.24, 2.45) is 23.5 Å². The molecule has 0 saturated heterocycles. The first-order valence-electron chi connectivity index (χ1n) is 6.86. The van der Waals surface area contributed by atoms with Gasteiger partial charge in [0, 0.05) is 18.8 Å². The van der Waals surface area contributed by atoms with Crippen LogP contribution < -0.4 is 11.1 Å². The van der Waals surface area contributed by atoms with Crippen LogP contribution in [0.4, 0.5) is 5.82 Å². The lowest BCUT2D eigenvalue weighted by molar-refractivity contribution is 0.304. The third kappa shape index (κ3) is 3.98. The molecule has 0 unspecified atom stereocenters. The van der Waals surface area contributed by atoms with E-state index in [4.69, 9.17) is 5.73 Å². The molecular formula is C15H27N3. The zero-order valence-electron chi connectivity index (χ0n) is 12.3. The Kier molecular flexibility index (Phi) is 5.60. The molecule has 1 heterocycles. The zero-order valence-corrected chi connectivity index (χ0v) is 12.3. The second kappa shape index (κ2) is 6.74. The van der Waals surface area contributed by atoms with Crippen molar-refractivity contribution in [2.45, 2.75) is 41.2 Å². The van der Waals surface area contributed by atoms with Crippen LogP contribution in [0.2, 0.25) is 0 Å². The van der Waals surface area contributed by atoms with E-state index in [9.17, 15) is 0 Å². The second-order valence-electron chi connectivity index (χ2n) is 5.68. The molecule has 0 aromatic carbocycles. The molecule has 0 aliphatic rings. The third-order valence-electron chi connectivity index (χ3n) is 3.65. The fourth-order valence-electron chi connectivity index (χ4n) is 2.37. The predicted octanol–water partition coefficient (Wildman–Crippen LogP) is 3.19. The van der Waals surface area contributed by atoms with Crippen molar-refractivity contribution in [2.75, 3.05) is 11.9 Å². The van der Waals surface area contributed by atoms with Crippen molar-refractivity contribution in [1.82, 2.24) is 4.98 Å². The Balaban J connectivity index is 2.65. The molecule has 1 aromatic heterocycles. The molecule has 0 atom stereocenters. The highest BCUT2D eigenvalue weighted by Crippen LogP contribution is 2.21. The summed E-state index contributed by atoms with van der Waals surface area (Å²) >= 11 is 0. The van der Waals surface area contributed by atoms with Crippen LogP contribution >= 0.6 is 0 Å². The topological polar surface area (TPSA) is 50.9 Å². The van der Waals surface area contributed by atoms with Gasteiger partial charge in [-0.05, 0) is 36.3 Å². The fraction of sp³-hybridized carbons (Fsp3) is 0.667. The van der Waals surface area contributed by atoms with Gasteiger partial charge in [-0.1, -0.05) is 33.8 Å². The third-order valence-corrected chi connectivity index (χ3v) is 3.65. The number of nitrogens with one attached hydrogen (secondary N) is 1. The summed E-state index contributed by atoms with van der Waals surface area (Å²) in [7, 11) is 0. The molecule has 0 aliphatic carbocycles. The number of anilines is 1. The van der Waals surface area contributed by atoms with Gasteiger partial charge in [-0.25, -0.2) is 4.98 Å². The smallest absolute Gasteiger partial charge is 0.126 e. The minimum atomic E-state index is 0.555. The first-order valence-corrected chi connectivity index (χ1v) is 6.86. The number of nitrogens with zero attached hydrogens (tertiary/aromatic N) is 1. The van der Waals surface area contributed by atoms with Gasteiger partial charge >= 0.3 is 0 Å². The Morgan fingerprint density at radius 2 is 1.78 bits per heavy atom. The SMILES string of the molecule is Cc1nc(NCC(C(C)C)C(C)C)ccc1CN. The van der Waals surface area contributed by atoms with Crippen molar-refractivity contribution >= 4 is 5.82 Å². The summed E-state index contributed by atoms with van der Waals surface area (Å²) in [4.78, 5) is 4.54. The number of aryl methyl sites for hydroxylation is 1. The highest BCUT2D eigenvalue weighted by atomic mass is 15.0. The number of hydrogen-bond donors (Lipinski definition) is 2. The number of pyridine rings is 1. The molecule has 0 spiro atoms. The van der Waals surface area contributed by atoms with E-state index in [0.29, 0.717) is 24.3 Å². The first kappa shape index (κ1) is 15.0. The molecule has 3 heteroatoms. The second-order valence-corrected chi connectivity index (χ2v) is 5.68. The minimum absolute atomic E-state index is 0.555. The van der Waals surface area contributed by atoms with Crippen molar-refractivity contribution in [1.29, 1.82) is 0 Å². The molecule has 1 rings (SSSR count). The summed E-state index contributed by atoms with van der Waals surface area (Å²) < 4.78 is 0. The van der Waals surface area contributed by atoms with Crippen LogP contribution in [0, 0.1) is 24.7 Å². The van der Waals surface area contributed by atoms with Gasteiger partial charge in [0.25, 0.3) is 0 Å². The number of nitrogens with two attached hydrogens (primary N) is 1. The Morgan fingerprint density at radius 1 is 1.17 bits per heavy atom. The van der Waals surface area contributed by atoms with Gasteiger partial charge in [-0.2, -0.15) is 0 Å². The zero-order chi connectivity index (χ0) is 13.7. The molecule has 0 amide bonds. The Hall–Kier alpha value is -1.09. The molecule has 3 nitrogen and oxygen atoms in total. The van der Waals surface area contributed by atoms with E-state index in [-0.39, 0.29) is 0 Å². The summed E-state index contributed by atoms with van der Waals surface area (Å²) in [5.41, 5.74) is 7.78. The monoisotopic (exact) mass is 249 g/mol. The van der Waals surface area contributed by atoms with Crippen LogP contribution in [0.15, 0.2) is 12.1 Å². The standard InChI is InChI=1S/C15H27N3/c1-10(2)14(11(3)4)9-17-15-7-6-13(8-16)12(5)18-15/h6-7,10-11,14H,8-9,16H2,1-5H3,(H,17,18). The van der Waals surface area contributed by atoms with Gasteiger partial charge in [0.15, 0.2) is 0 Å². The summed E-state index contributed by atoms with van der Waals surface area (Å²) in [6.07, 6.45) is 0. The number of aromatic nitrogens is 1. The quantitative estimate of drug-likeness (QED) is 0.814. The van der Waals surface area contributed by atoms with Gasteiger partial charge in [0.05, 0.1) is 0 Å². The highest BCUT2D eigenvalue weighted by Gasteiger charge is 2.17. The maximum Gasteiger partial charge on any atom is 0.126 e. The average Bonchev–Trinajstić information content (AvgIpc) is 2.28. The molecule has 0 fully saturated rings. The van der Waals surface area contributed by atoms with E-state index in [0.717, 1.165) is 23.6 Å². The number of hydrogen-bond acceptors (Lipinski definition) is 3. The molecule has 0 aliphatic heterocycles. The van der Waals surface area contributed by atoms with E-state index in [1.807, 2.05) is 13.0 Å². The van der Waals surface area contributed by atoms with Gasteiger partial charge < -0.3 is 11.1 Å². The van der Waals surface area contributed by atoms with Crippen molar-refractivity contribution in [3.05, 3.63) is 23.4 Å². The van der Waals surface area contributed by atoms with E-state index in [1.165, 1.54) is 0 Å². The normalized spacial score (nSPS) is 11.6. The lowest BCUT2D eigenvalue weighted by atomic mass is 9.85. The van der Waals surface area contributed by atoms with Crippen molar-refractivity contribution in [3.8, 4) is 0 Å². The molecule has 0 saturated carbocycles. The van der Waals surface area contributed by atoms with Crippen LogP contribution in [-0.4, -0.2) is 11.5 Å². The first-order chi connectivity index (χ1) is 8.45. The van der Waals surface area contributed by atoms with Crippen LogP contribution in [0.1, 0.15) is 39.0 Å². The lowest BCUT2D eigenvalue weighted by Crippen LogP contribution is -2.25. The van der Waals surface area contributed by atoms with Gasteiger partial charge in [0.2, 0.25) is 0 Å². The fourth-order valence-corrected chi connectivity index (χ4v) is 2.37. The van der Waals surface area contributed by atoms with E-state index in [1.54, 1.807) is 0 Å². The van der Waals surface area contributed by atoms with Gasteiger partial charge in [0.1, 0.15) is 5.82 Å². The molecule has 0 radical (unpaired) electrons. The summed E-state index contributed by atoms with van der Waals surface area (Å²) in [6.45, 7) is 12.7. The van der Waals surface area contributed by atoms with E-state index < -0.39 is 0 Å². The average molecular weight is 249 g/mol. The molecule has 18 heavy (non-hydrogen) atoms. The summed E-state index contributed by atoms with van der Waals surface area (Å²) in [5, 5.41) is 3.45. The minimum Gasteiger partial charge on any atom is -0.370 e. The van der Waals surface area contributed by atoms with E-state index >= 15 is 0 Å². The van der Waals surface area contributed by atoms with E-state index in [2.05, 4.69) is 44.1 Å². The van der Waals surface area contributed by atoms with Crippen LogP contribution in [0.5, 0.6) is 0 Å². The lowest BCUT2D eigenvalue weighted by Gasteiger charge is -2.25. The Bertz CT molecular complexity index is 364. The van der Waals surface area contributed by atoms with Crippen LogP contribution in [0.3, 0.4) is 0 Å². The molecule has 1 aromatic rings. The van der Waals surface area contributed by atoms with Crippen LogP contribution in [-0.2, 0) is 6.54 Å². The molecule has 0 bridgehead atoms. The summed E-state index contributed by atoms with van der Waals surface area (Å²) in [5.74, 6) is 2.99. The molecular weight excluding hydrogens is 222 g/mol. The highest BCUT2D eigenvalue weighted by molar-refractivity contribution is 5.38. The Labute approximate surface area is 111 Å². The maximum absolute atomic E-state index is 5.64. The van der Waals surface area contributed by atoms with Crippen molar-refractivity contribution in [3.63, 3.8) is 0 Å².